The van der Waals surface area contributed by atoms with Gasteiger partial charge < -0.3 is 5.32 Å². The van der Waals surface area contributed by atoms with Crippen molar-refractivity contribution in [3.63, 3.8) is 0 Å². The van der Waals surface area contributed by atoms with Crippen molar-refractivity contribution in [3.05, 3.63) is 17.5 Å². The molecule has 0 aliphatic rings. The van der Waals surface area contributed by atoms with Crippen LogP contribution < -0.4 is 5.32 Å². The van der Waals surface area contributed by atoms with E-state index in [0.29, 0.717) is 5.41 Å². The van der Waals surface area contributed by atoms with Gasteiger partial charge in [-0.15, -0.1) is 0 Å². The minimum atomic E-state index is 0.113. The summed E-state index contributed by atoms with van der Waals surface area (Å²) in [5.74, 6) is 0. The third-order valence-electron chi connectivity index (χ3n) is 2.98. The first-order chi connectivity index (χ1) is 8.09. The van der Waals surface area contributed by atoms with Crippen molar-refractivity contribution in [2.24, 2.45) is 12.5 Å². The largest absolute Gasteiger partial charge is 0.313 e. The lowest BCUT2D eigenvalue weighted by Gasteiger charge is -2.19. The van der Waals surface area contributed by atoms with E-state index in [1.165, 1.54) is 17.7 Å². The number of nitrogens with one attached hydrogen (secondary N) is 1. The molecule has 0 fully saturated rings. The monoisotopic (exact) mass is 251 g/mol. The number of rotatable bonds is 4. The Morgan fingerprint density at radius 1 is 1.17 bits per heavy atom. The van der Waals surface area contributed by atoms with Crippen molar-refractivity contribution < 1.29 is 0 Å². The quantitative estimate of drug-likeness (QED) is 0.833. The van der Waals surface area contributed by atoms with E-state index < -0.39 is 0 Å². The Morgan fingerprint density at radius 3 is 2.28 bits per heavy atom. The van der Waals surface area contributed by atoms with Crippen molar-refractivity contribution in [1.82, 2.24) is 15.1 Å². The lowest BCUT2D eigenvalue weighted by Crippen LogP contribution is -2.22. The summed E-state index contributed by atoms with van der Waals surface area (Å²) in [5.41, 5.74) is 3.03. The predicted molar refractivity (Wildman–Crippen MR) is 77.7 cm³/mol. The highest BCUT2D eigenvalue weighted by atomic mass is 15.3. The fourth-order valence-electron chi connectivity index (χ4n) is 1.98. The topological polar surface area (TPSA) is 29.9 Å². The van der Waals surface area contributed by atoms with Crippen molar-refractivity contribution in [1.29, 1.82) is 0 Å². The van der Waals surface area contributed by atoms with Gasteiger partial charge in [0.25, 0.3) is 0 Å². The lowest BCUT2D eigenvalue weighted by molar-refractivity contribution is 0.366. The standard InChI is InChI=1S/C15H29N3/c1-14(2,3)8-9-16-10-12-11-18(7)17-13(12)15(4,5)6/h11,16H,8-10H2,1-7H3. The van der Waals surface area contributed by atoms with E-state index in [9.17, 15) is 0 Å². The summed E-state index contributed by atoms with van der Waals surface area (Å²) in [5, 5.41) is 8.12. The van der Waals surface area contributed by atoms with Crippen LogP contribution in [0.1, 0.15) is 59.2 Å². The zero-order chi connectivity index (χ0) is 14.0. The van der Waals surface area contributed by atoms with Gasteiger partial charge in [0.05, 0.1) is 5.69 Å². The van der Waals surface area contributed by atoms with Crippen LogP contribution in [0.3, 0.4) is 0 Å². The van der Waals surface area contributed by atoms with Gasteiger partial charge in [-0.3, -0.25) is 4.68 Å². The second-order valence-corrected chi connectivity index (χ2v) is 7.41. The van der Waals surface area contributed by atoms with Crippen LogP contribution in [-0.4, -0.2) is 16.3 Å². The molecule has 3 nitrogen and oxygen atoms in total. The first-order valence-electron chi connectivity index (χ1n) is 6.83. The normalized spacial score (nSPS) is 13.1. The molecule has 0 amide bonds. The average Bonchev–Trinajstić information content (AvgIpc) is 2.52. The molecule has 0 aliphatic heterocycles. The van der Waals surface area contributed by atoms with Gasteiger partial charge in [-0.2, -0.15) is 5.10 Å². The third kappa shape index (κ3) is 4.81. The number of hydrogen-bond donors (Lipinski definition) is 1. The van der Waals surface area contributed by atoms with Gasteiger partial charge >= 0.3 is 0 Å². The minimum Gasteiger partial charge on any atom is -0.313 e. The van der Waals surface area contributed by atoms with Crippen LogP contribution in [0.4, 0.5) is 0 Å². The Kier molecular flexibility index (Phi) is 4.60. The second kappa shape index (κ2) is 5.43. The van der Waals surface area contributed by atoms with Crippen LogP contribution in [0.5, 0.6) is 0 Å². The average molecular weight is 251 g/mol. The van der Waals surface area contributed by atoms with E-state index in [1.54, 1.807) is 0 Å². The van der Waals surface area contributed by atoms with Crippen molar-refractivity contribution in [3.8, 4) is 0 Å². The summed E-state index contributed by atoms with van der Waals surface area (Å²) in [7, 11) is 1.99. The van der Waals surface area contributed by atoms with Gasteiger partial charge in [-0.05, 0) is 18.4 Å². The zero-order valence-electron chi connectivity index (χ0n) is 13.1. The maximum Gasteiger partial charge on any atom is 0.0722 e. The van der Waals surface area contributed by atoms with E-state index in [1.807, 2.05) is 11.7 Å². The maximum atomic E-state index is 4.59. The molecule has 3 heteroatoms. The highest BCUT2D eigenvalue weighted by Gasteiger charge is 2.21. The maximum absolute atomic E-state index is 4.59. The van der Waals surface area contributed by atoms with E-state index in [4.69, 9.17) is 0 Å². The van der Waals surface area contributed by atoms with Crippen molar-refractivity contribution in [2.45, 2.75) is 59.9 Å². The summed E-state index contributed by atoms with van der Waals surface area (Å²) in [6.07, 6.45) is 3.32. The van der Waals surface area contributed by atoms with Crippen molar-refractivity contribution in [2.75, 3.05) is 6.54 Å². The molecule has 1 rings (SSSR count). The molecule has 0 bridgehead atoms. The fraction of sp³-hybridized carbons (Fsp3) is 0.800. The Morgan fingerprint density at radius 2 is 1.78 bits per heavy atom. The summed E-state index contributed by atoms with van der Waals surface area (Å²) < 4.78 is 1.92. The Bertz CT molecular complexity index is 377. The van der Waals surface area contributed by atoms with Gasteiger partial charge in [0.1, 0.15) is 0 Å². The van der Waals surface area contributed by atoms with Gasteiger partial charge in [-0.25, -0.2) is 0 Å². The highest BCUT2D eigenvalue weighted by molar-refractivity contribution is 5.23. The molecule has 0 aliphatic carbocycles. The van der Waals surface area contributed by atoms with E-state index in [2.05, 4.69) is 58.2 Å². The Labute approximate surface area is 112 Å². The van der Waals surface area contributed by atoms with Crippen LogP contribution in [0.2, 0.25) is 0 Å². The molecule has 0 atom stereocenters. The van der Waals surface area contributed by atoms with E-state index >= 15 is 0 Å². The molecule has 0 unspecified atom stereocenters. The molecule has 1 aromatic rings. The molecule has 0 saturated carbocycles. The van der Waals surface area contributed by atoms with Crippen molar-refractivity contribution >= 4 is 0 Å². The minimum absolute atomic E-state index is 0.113. The molecular weight excluding hydrogens is 222 g/mol. The Balaban J connectivity index is 2.58. The first-order valence-corrected chi connectivity index (χ1v) is 6.83. The van der Waals surface area contributed by atoms with Gasteiger partial charge in [-0.1, -0.05) is 41.5 Å². The fourth-order valence-corrected chi connectivity index (χ4v) is 1.98. The van der Waals surface area contributed by atoms with Gasteiger partial charge in [0.15, 0.2) is 0 Å². The number of aromatic nitrogens is 2. The smallest absolute Gasteiger partial charge is 0.0722 e. The van der Waals surface area contributed by atoms with Crippen LogP contribution in [0.25, 0.3) is 0 Å². The highest BCUT2D eigenvalue weighted by Crippen LogP contribution is 2.24. The van der Waals surface area contributed by atoms with Crippen LogP contribution in [0.15, 0.2) is 6.20 Å². The Hall–Kier alpha value is -0.830. The molecule has 1 N–H and O–H groups in total. The van der Waals surface area contributed by atoms with Gasteiger partial charge in [0, 0.05) is 30.8 Å². The summed E-state index contributed by atoms with van der Waals surface area (Å²) in [6.45, 7) is 15.5. The van der Waals surface area contributed by atoms with Crippen LogP contribution in [0, 0.1) is 5.41 Å². The molecular formula is C15H29N3. The number of nitrogens with zero attached hydrogens (tertiary/aromatic N) is 2. The first kappa shape index (κ1) is 15.2. The third-order valence-corrected chi connectivity index (χ3v) is 2.98. The molecule has 0 saturated heterocycles. The molecule has 1 aromatic heterocycles. The molecule has 18 heavy (non-hydrogen) atoms. The van der Waals surface area contributed by atoms with Gasteiger partial charge in [0.2, 0.25) is 0 Å². The summed E-state index contributed by atoms with van der Waals surface area (Å²) in [6, 6.07) is 0. The second-order valence-electron chi connectivity index (χ2n) is 7.41. The molecule has 0 spiro atoms. The predicted octanol–water partition coefficient (Wildman–Crippen LogP) is 3.24. The van der Waals surface area contributed by atoms with E-state index in [0.717, 1.165) is 13.1 Å². The molecule has 104 valence electrons. The van der Waals surface area contributed by atoms with Crippen LogP contribution >= 0.6 is 0 Å². The summed E-state index contributed by atoms with van der Waals surface area (Å²) >= 11 is 0. The molecule has 0 radical (unpaired) electrons. The zero-order valence-corrected chi connectivity index (χ0v) is 13.1. The lowest BCUT2D eigenvalue weighted by atomic mass is 9.89. The SMILES string of the molecule is Cn1cc(CNCCC(C)(C)C)c(C(C)(C)C)n1. The summed E-state index contributed by atoms with van der Waals surface area (Å²) in [4.78, 5) is 0. The number of aryl methyl sites for hydroxylation is 1. The van der Waals surface area contributed by atoms with E-state index in [-0.39, 0.29) is 5.41 Å². The number of hydrogen-bond acceptors (Lipinski definition) is 2. The molecule has 1 heterocycles. The molecule has 0 aromatic carbocycles. The van der Waals surface area contributed by atoms with Crippen LogP contribution in [-0.2, 0) is 19.0 Å².